The van der Waals surface area contributed by atoms with Gasteiger partial charge in [0.2, 0.25) is 0 Å². The number of H-pyrrole nitrogens is 1. The summed E-state index contributed by atoms with van der Waals surface area (Å²) >= 11 is 3.48. The second-order valence-electron chi connectivity index (χ2n) is 5.80. The molecule has 2 heterocycles. The van der Waals surface area contributed by atoms with E-state index in [2.05, 4.69) is 50.6 Å². The Bertz CT molecular complexity index is 714. The molecule has 3 rings (SSSR count). The van der Waals surface area contributed by atoms with Crippen molar-refractivity contribution in [1.82, 2.24) is 15.5 Å². The summed E-state index contributed by atoms with van der Waals surface area (Å²) in [5.41, 5.74) is 4.46. The highest BCUT2D eigenvalue weighted by Crippen LogP contribution is 2.28. The molecule has 0 spiro atoms. The molecule has 0 saturated carbocycles. The Morgan fingerprint density at radius 2 is 2.17 bits per heavy atom. The van der Waals surface area contributed by atoms with Gasteiger partial charge in [-0.2, -0.15) is 5.10 Å². The van der Waals surface area contributed by atoms with Crippen molar-refractivity contribution in [3.63, 3.8) is 0 Å². The monoisotopic (exact) mass is 398 g/mol. The maximum absolute atomic E-state index is 12.6. The number of carbonyl (C=O) groups is 1. The first-order valence-corrected chi connectivity index (χ1v) is 8.23. The Balaban J connectivity index is 0.00000192. The van der Waals surface area contributed by atoms with Crippen LogP contribution in [0.2, 0.25) is 0 Å². The fraction of sp³-hybridized carbons (Fsp3) is 0.375. The third-order valence-corrected chi connectivity index (χ3v) is 4.40. The number of aromatic amines is 1. The number of halogens is 2. The molecule has 0 fully saturated rings. The van der Waals surface area contributed by atoms with Gasteiger partial charge in [0.15, 0.2) is 5.69 Å². The van der Waals surface area contributed by atoms with Crippen LogP contribution in [0.15, 0.2) is 22.7 Å². The quantitative estimate of drug-likeness (QED) is 0.738. The van der Waals surface area contributed by atoms with E-state index in [0.29, 0.717) is 18.2 Å². The Morgan fingerprint density at radius 3 is 2.91 bits per heavy atom. The van der Waals surface area contributed by atoms with Gasteiger partial charge in [0.05, 0.1) is 0 Å². The van der Waals surface area contributed by atoms with Crippen LogP contribution in [0.1, 0.15) is 47.1 Å². The second kappa shape index (κ2) is 7.47. The van der Waals surface area contributed by atoms with Gasteiger partial charge in [0.25, 0.3) is 5.91 Å². The lowest BCUT2D eigenvalue weighted by Crippen LogP contribution is -2.25. The molecule has 2 aromatic rings. The van der Waals surface area contributed by atoms with Crippen molar-refractivity contribution in [2.75, 3.05) is 11.9 Å². The van der Waals surface area contributed by atoms with Crippen molar-refractivity contribution in [2.24, 2.45) is 0 Å². The summed E-state index contributed by atoms with van der Waals surface area (Å²) in [7, 11) is 0. The molecule has 0 atom stereocenters. The minimum atomic E-state index is -0.162. The number of benzene rings is 1. The fourth-order valence-electron chi connectivity index (χ4n) is 2.72. The minimum Gasteiger partial charge on any atom is -0.320 e. The maximum Gasteiger partial charge on any atom is 0.276 e. The number of hydrogen-bond acceptors (Lipinski definition) is 3. The highest BCUT2D eigenvalue weighted by atomic mass is 79.9. The molecular weight excluding hydrogens is 380 g/mol. The van der Waals surface area contributed by atoms with Crippen molar-refractivity contribution in [2.45, 2.75) is 32.7 Å². The molecule has 0 saturated heterocycles. The standard InChI is InChI=1S/C16H19BrN4O.ClH/c1-9(2)11-7-10(17)3-4-13(11)19-16(22)15-12-8-18-6-5-14(12)20-21-15;/h3-4,7,9,18H,5-6,8H2,1-2H3,(H,19,22)(H,20,21);1H. The Hall–Kier alpha value is -1.37. The molecule has 1 aliphatic heterocycles. The van der Waals surface area contributed by atoms with Gasteiger partial charge in [-0.05, 0) is 29.7 Å². The predicted octanol–water partition coefficient (Wildman–Crippen LogP) is 3.62. The smallest absolute Gasteiger partial charge is 0.276 e. The van der Waals surface area contributed by atoms with Crippen molar-refractivity contribution >= 4 is 39.9 Å². The van der Waals surface area contributed by atoms with E-state index in [9.17, 15) is 4.79 Å². The summed E-state index contributed by atoms with van der Waals surface area (Å²) in [6, 6.07) is 5.90. The largest absolute Gasteiger partial charge is 0.320 e. The van der Waals surface area contributed by atoms with Gasteiger partial charge in [-0.15, -0.1) is 12.4 Å². The van der Waals surface area contributed by atoms with Crippen molar-refractivity contribution in [3.05, 3.63) is 45.2 Å². The highest BCUT2D eigenvalue weighted by molar-refractivity contribution is 9.10. The van der Waals surface area contributed by atoms with E-state index >= 15 is 0 Å². The molecule has 0 bridgehead atoms. The van der Waals surface area contributed by atoms with Crippen LogP contribution in [0.4, 0.5) is 5.69 Å². The van der Waals surface area contributed by atoms with Crippen LogP contribution in [-0.4, -0.2) is 22.6 Å². The lowest BCUT2D eigenvalue weighted by atomic mass is 10.0. The Morgan fingerprint density at radius 1 is 1.39 bits per heavy atom. The first-order valence-electron chi connectivity index (χ1n) is 7.44. The van der Waals surface area contributed by atoms with E-state index in [1.807, 2.05) is 18.2 Å². The van der Waals surface area contributed by atoms with Crippen LogP contribution in [0.3, 0.4) is 0 Å². The molecular formula is C16H20BrClN4O. The number of nitrogens with one attached hydrogen (secondary N) is 3. The number of rotatable bonds is 3. The number of nitrogens with zero attached hydrogens (tertiary/aromatic N) is 1. The summed E-state index contributed by atoms with van der Waals surface area (Å²) in [4.78, 5) is 12.6. The van der Waals surface area contributed by atoms with Crippen molar-refractivity contribution < 1.29 is 4.79 Å². The van der Waals surface area contributed by atoms with E-state index in [0.717, 1.165) is 39.9 Å². The average molecular weight is 400 g/mol. The summed E-state index contributed by atoms with van der Waals surface area (Å²) < 4.78 is 1.01. The number of anilines is 1. The lowest BCUT2D eigenvalue weighted by molar-refractivity contribution is 0.102. The number of amides is 1. The van der Waals surface area contributed by atoms with Gasteiger partial charge in [-0.3, -0.25) is 9.89 Å². The predicted molar refractivity (Wildman–Crippen MR) is 97.4 cm³/mol. The number of aromatic nitrogens is 2. The van der Waals surface area contributed by atoms with Gasteiger partial charge in [0, 0.05) is 40.9 Å². The first kappa shape index (κ1) is 18.0. The van der Waals surface area contributed by atoms with Gasteiger partial charge >= 0.3 is 0 Å². The number of hydrogen-bond donors (Lipinski definition) is 3. The number of fused-ring (bicyclic) bond motifs is 1. The van der Waals surface area contributed by atoms with E-state index in [4.69, 9.17) is 0 Å². The van der Waals surface area contributed by atoms with Gasteiger partial charge < -0.3 is 10.6 Å². The van der Waals surface area contributed by atoms with Crippen LogP contribution in [0.25, 0.3) is 0 Å². The van der Waals surface area contributed by atoms with Crippen LogP contribution >= 0.6 is 28.3 Å². The fourth-order valence-corrected chi connectivity index (χ4v) is 3.10. The Labute approximate surface area is 150 Å². The molecule has 1 aromatic carbocycles. The summed E-state index contributed by atoms with van der Waals surface area (Å²) in [6.45, 7) is 5.82. The van der Waals surface area contributed by atoms with Gasteiger partial charge in [-0.1, -0.05) is 29.8 Å². The molecule has 1 aliphatic rings. The van der Waals surface area contributed by atoms with Crippen molar-refractivity contribution in [1.29, 1.82) is 0 Å². The molecule has 124 valence electrons. The third-order valence-electron chi connectivity index (χ3n) is 3.91. The van der Waals surface area contributed by atoms with Crippen LogP contribution in [0, 0.1) is 0 Å². The van der Waals surface area contributed by atoms with Crippen LogP contribution < -0.4 is 10.6 Å². The Kier molecular flexibility index (Phi) is 5.84. The van der Waals surface area contributed by atoms with E-state index in [1.165, 1.54) is 0 Å². The molecule has 23 heavy (non-hydrogen) atoms. The van der Waals surface area contributed by atoms with E-state index < -0.39 is 0 Å². The molecule has 3 N–H and O–H groups in total. The van der Waals surface area contributed by atoms with Gasteiger partial charge in [-0.25, -0.2) is 0 Å². The third kappa shape index (κ3) is 3.76. The summed E-state index contributed by atoms with van der Waals surface area (Å²) in [6.07, 6.45) is 0.880. The number of carbonyl (C=O) groups excluding carboxylic acids is 1. The minimum absolute atomic E-state index is 0. The topological polar surface area (TPSA) is 69.8 Å². The zero-order valence-electron chi connectivity index (χ0n) is 13.1. The SMILES string of the molecule is CC(C)c1cc(Br)ccc1NC(=O)c1n[nH]c2c1CNCC2.Cl. The molecule has 0 aliphatic carbocycles. The lowest BCUT2D eigenvalue weighted by Gasteiger charge is -2.15. The highest BCUT2D eigenvalue weighted by Gasteiger charge is 2.22. The van der Waals surface area contributed by atoms with E-state index in [1.54, 1.807) is 0 Å². The zero-order chi connectivity index (χ0) is 15.7. The van der Waals surface area contributed by atoms with Crippen molar-refractivity contribution in [3.8, 4) is 0 Å². The molecule has 5 nitrogen and oxygen atoms in total. The summed E-state index contributed by atoms with van der Waals surface area (Å²) in [5, 5.41) is 13.5. The average Bonchev–Trinajstić information content (AvgIpc) is 2.93. The van der Waals surface area contributed by atoms with Crippen LogP contribution in [0.5, 0.6) is 0 Å². The summed E-state index contributed by atoms with van der Waals surface area (Å²) in [5.74, 6) is 0.160. The van der Waals surface area contributed by atoms with Crippen LogP contribution in [-0.2, 0) is 13.0 Å². The normalized spacial score (nSPS) is 13.4. The molecule has 1 amide bonds. The molecule has 0 radical (unpaired) electrons. The second-order valence-corrected chi connectivity index (χ2v) is 6.71. The van der Waals surface area contributed by atoms with E-state index in [-0.39, 0.29) is 18.3 Å². The molecule has 1 aromatic heterocycles. The zero-order valence-corrected chi connectivity index (χ0v) is 15.5. The molecule has 0 unspecified atom stereocenters. The maximum atomic E-state index is 12.6. The van der Waals surface area contributed by atoms with Gasteiger partial charge in [0.1, 0.15) is 0 Å². The molecule has 7 heteroatoms. The first-order chi connectivity index (χ1) is 10.6.